The van der Waals surface area contributed by atoms with Gasteiger partial charge in [0.15, 0.2) is 9.04 Å². The molecule has 0 saturated carbocycles. The van der Waals surface area contributed by atoms with Crippen molar-refractivity contribution in [1.29, 1.82) is 5.26 Å². The number of hydrogen-bond acceptors (Lipinski definition) is 3. The molecule has 16 heavy (non-hydrogen) atoms. The lowest BCUT2D eigenvalue weighted by Gasteiger charge is -2.34. The molecule has 0 aromatic heterocycles. The van der Waals surface area contributed by atoms with Gasteiger partial charge in [-0.3, -0.25) is 0 Å². The highest BCUT2D eigenvalue weighted by atomic mass is 28.3. The molecule has 0 amide bonds. The molecule has 0 aliphatic carbocycles. The Hall–Kier alpha value is -0.863. The predicted octanol–water partition coefficient (Wildman–Crippen LogP) is 2.02. The fraction of sp³-hybridized carbons (Fsp3) is 0.818. The third-order valence-corrected chi connectivity index (χ3v) is 3.29. The van der Waals surface area contributed by atoms with Gasteiger partial charge >= 0.3 is 5.97 Å². The Morgan fingerprint density at radius 3 is 2.25 bits per heavy atom. The summed E-state index contributed by atoms with van der Waals surface area (Å²) >= 11 is 0. The number of carbonyl (C=O) groups is 1. The number of nitrogens with zero attached hydrogens (tertiary/aromatic N) is 1. The van der Waals surface area contributed by atoms with Crippen molar-refractivity contribution in [3.05, 3.63) is 0 Å². The van der Waals surface area contributed by atoms with Crippen LogP contribution in [0.25, 0.3) is 0 Å². The van der Waals surface area contributed by atoms with E-state index in [2.05, 4.69) is 6.07 Å². The standard InChI is InChI=1S/C11H21NO3Si/c1-11(2,3)8(6-7-12)9(10(13)14)15-16(4)5/h8-9,16H,6H2,1-5H3,(H,13,14)/t8-,9?/m0/s1. The first-order valence-electron chi connectivity index (χ1n) is 5.45. The van der Waals surface area contributed by atoms with Gasteiger partial charge < -0.3 is 9.53 Å². The Bertz CT molecular complexity index is 278. The molecule has 0 radical (unpaired) electrons. The van der Waals surface area contributed by atoms with Gasteiger partial charge in [0.2, 0.25) is 0 Å². The van der Waals surface area contributed by atoms with E-state index in [1.807, 2.05) is 33.9 Å². The number of aliphatic carboxylic acids is 1. The molecule has 0 aliphatic heterocycles. The molecule has 0 spiro atoms. The van der Waals surface area contributed by atoms with Crippen molar-refractivity contribution in [3.63, 3.8) is 0 Å². The van der Waals surface area contributed by atoms with Gasteiger partial charge in [-0.05, 0) is 18.5 Å². The molecular formula is C11H21NO3Si. The SMILES string of the molecule is C[SiH](C)OC(C(=O)O)[C@H](CC#N)C(C)(C)C. The number of hydrogen-bond donors (Lipinski definition) is 1. The van der Waals surface area contributed by atoms with Crippen molar-refractivity contribution in [1.82, 2.24) is 0 Å². The Kier molecular flexibility index (Phi) is 5.69. The van der Waals surface area contributed by atoms with E-state index >= 15 is 0 Å². The highest BCUT2D eigenvalue weighted by molar-refractivity contribution is 6.48. The van der Waals surface area contributed by atoms with Gasteiger partial charge in [-0.15, -0.1) is 0 Å². The topological polar surface area (TPSA) is 70.3 Å². The average molecular weight is 243 g/mol. The van der Waals surface area contributed by atoms with Gasteiger partial charge in [0, 0.05) is 12.3 Å². The molecule has 2 atom stereocenters. The third-order valence-electron chi connectivity index (χ3n) is 2.45. The molecule has 0 rings (SSSR count). The summed E-state index contributed by atoms with van der Waals surface area (Å²) in [5.41, 5.74) is -0.248. The molecule has 0 fully saturated rings. The van der Waals surface area contributed by atoms with E-state index in [1.165, 1.54) is 0 Å². The fourth-order valence-electron chi connectivity index (χ4n) is 1.58. The van der Waals surface area contributed by atoms with Crippen LogP contribution in [0.3, 0.4) is 0 Å². The van der Waals surface area contributed by atoms with E-state index in [-0.39, 0.29) is 17.8 Å². The first-order valence-corrected chi connectivity index (χ1v) is 8.23. The second kappa shape index (κ2) is 6.02. The molecule has 5 heteroatoms. The van der Waals surface area contributed by atoms with E-state index < -0.39 is 21.1 Å². The van der Waals surface area contributed by atoms with Crippen molar-refractivity contribution in [2.45, 2.75) is 46.4 Å². The molecular weight excluding hydrogens is 222 g/mol. The molecule has 0 aromatic rings. The minimum atomic E-state index is -1.43. The van der Waals surface area contributed by atoms with Crippen LogP contribution in [0.5, 0.6) is 0 Å². The van der Waals surface area contributed by atoms with Crippen LogP contribution in [0.15, 0.2) is 0 Å². The molecule has 92 valence electrons. The maximum absolute atomic E-state index is 11.2. The van der Waals surface area contributed by atoms with E-state index in [1.54, 1.807) is 0 Å². The smallest absolute Gasteiger partial charge is 0.331 e. The third kappa shape index (κ3) is 4.77. The minimum Gasteiger partial charge on any atom is -0.479 e. The van der Waals surface area contributed by atoms with Gasteiger partial charge in [-0.1, -0.05) is 20.8 Å². The molecule has 0 aliphatic rings. The summed E-state index contributed by atoms with van der Waals surface area (Å²) in [6.45, 7) is 9.69. The summed E-state index contributed by atoms with van der Waals surface area (Å²) in [5, 5.41) is 17.9. The lowest BCUT2D eigenvalue weighted by Crippen LogP contribution is -2.41. The highest BCUT2D eigenvalue weighted by Gasteiger charge is 2.37. The predicted molar refractivity (Wildman–Crippen MR) is 64.6 cm³/mol. The number of nitriles is 1. The first-order chi connectivity index (χ1) is 7.20. The first kappa shape index (κ1) is 15.1. The van der Waals surface area contributed by atoms with E-state index in [9.17, 15) is 9.90 Å². The zero-order chi connectivity index (χ0) is 12.9. The summed E-state index contributed by atoms with van der Waals surface area (Å²) in [5.74, 6) is -1.23. The quantitative estimate of drug-likeness (QED) is 0.750. The highest BCUT2D eigenvalue weighted by Crippen LogP contribution is 2.33. The minimum absolute atomic E-state index is 0.210. The maximum Gasteiger partial charge on any atom is 0.331 e. The zero-order valence-electron chi connectivity index (χ0n) is 10.7. The molecule has 0 bridgehead atoms. The molecule has 0 aromatic carbocycles. The van der Waals surface area contributed by atoms with Gasteiger partial charge in [-0.25, -0.2) is 4.79 Å². The lowest BCUT2D eigenvalue weighted by molar-refractivity contribution is -0.150. The van der Waals surface area contributed by atoms with Gasteiger partial charge in [-0.2, -0.15) is 5.26 Å². The van der Waals surface area contributed by atoms with Crippen LogP contribution in [-0.4, -0.2) is 26.2 Å². The van der Waals surface area contributed by atoms with Crippen molar-refractivity contribution < 1.29 is 14.3 Å². The van der Waals surface area contributed by atoms with Crippen LogP contribution < -0.4 is 0 Å². The fourth-order valence-corrected chi connectivity index (χ4v) is 2.48. The summed E-state index contributed by atoms with van der Waals surface area (Å²) in [6.07, 6.45) is -0.645. The number of rotatable bonds is 5. The second-order valence-corrected chi connectivity index (χ2v) is 7.65. The van der Waals surface area contributed by atoms with E-state index in [0.29, 0.717) is 0 Å². The largest absolute Gasteiger partial charge is 0.479 e. The second-order valence-electron chi connectivity index (χ2n) is 5.28. The van der Waals surface area contributed by atoms with Crippen molar-refractivity contribution in [3.8, 4) is 6.07 Å². The molecule has 1 N–H and O–H groups in total. The monoisotopic (exact) mass is 243 g/mol. The summed E-state index contributed by atoms with van der Waals surface area (Å²) < 4.78 is 5.54. The van der Waals surface area contributed by atoms with Gasteiger partial charge in [0.25, 0.3) is 0 Å². The van der Waals surface area contributed by atoms with Crippen LogP contribution in [0, 0.1) is 22.7 Å². The van der Waals surface area contributed by atoms with Crippen molar-refractivity contribution in [2.24, 2.45) is 11.3 Å². The normalized spacial score (nSPS) is 15.6. The van der Waals surface area contributed by atoms with E-state index in [4.69, 9.17) is 9.69 Å². The Labute approximate surface area is 99.0 Å². The average Bonchev–Trinajstić information content (AvgIpc) is 2.08. The summed E-state index contributed by atoms with van der Waals surface area (Å²) in [6, 6.07) is 2.06. The van der Waals surface area contributed by atoms with Crippen LogP contribution in [0.4, 0.5) is 0 Å². The van der Waals surface area contributed by atoms with Crippen molar-refractivity contribution >= 4 is 15.0 Å². The molecule has 4 nitrogen and oxygen atoms in total. The van der Waals surface area contributed by atoms with E-state index in [0.717, 1.165) is 0 Å². The van der Waals surface area contributed by atoms with Gasteiger partial charge in [0.05, 0.1) is 6.07 Å². The van der Waals surface area contributed by atoms with Crippen LogP contribution in [-0.2, 0) is 9.22 Å². The maximum atomic E-state index is 11.2. The Balaban J connectivity index is 4.96. The Morgan fingerprint density at radius 1 is 1.50 bits per heavy atom. The molecule has 0 saturated heterocycles. The van der Waals surface area contributed by atoms with Crippen LogP contribution in [0.1, 0.15) is 27.2 Å². The summed E-state index contributed by atoms with van der Waals surface area (Å²) in [7, 11) is -1.43. The Morgan fingerprint density at radius 2 is 2.00 bits per heavy atom. The van der Waals surface area contributed by atoms with Gasteiger partial charge in [0.1, 0.15) is 6.10 Å². The molecule has 0 heterocycles. The summed E-state index contributed by atoms with van der Waals surface area (Å²) in [4.78, 5) is 11.2. The lowest BCUT2D eigenvalue weighted by atomic mass is 9.75. The molecule has 1 unspecified atom stereocenters. The van der Waals surface area contributed by atoms with Crippen LogP contribution >= 0.6 is 0 Å². The number of carboxylic acid groups (broad SMARTS) is 1. The van der Waals surface area contributed by atoms with Crippen LogP contribution in [0.2, 0.25) is 13.1 Å². The number of carboxylic acids is 1. The zero-order valence-corrected chi connectivity index (χ0v) is 11.8. The van der Waals surface area contributed by atoms with Crippen molar-refractivity contribution in [2.75, 3.05) is 0 Å².